The highest BCUT2D eigenvalue weighted by molar-refractivity contribution is 5.91. The van der Waals surface area contributed by atoms with E-state index in [0.717, 1.165) is 12.1 Å². The SMILES string of the molecule is CCCC(N)C(=O)NCCC(=O)Nc1ccccc1. The van der Waals surface area contributed by atoms with Crippen LogP contribution in [0.2, 0.25) is 0 Å². The van der Waals surface area contributed by atoms with E-state index >= 15 is 0 Å². The topological polar surface area (TPSA) is 84.2 Å². The molecule has 0 spiro atoms. The third kappa shape index (κ3) is 6.01. The maximum atomic E-state index is 11.6. The van der Waals surface area contributed by atoms with E-state index in [1.807, 2.05) is 37.3 Å². The summed E-state index contributed by atoms with van der Waals surface area (Å²) < 4.78 is 0. The Balaban J connectivity index is 2.22. The summed E-state index contributed by atoms with van der Waals surface area (Å²) in [6, 6.07) is 8.72. The fraction of sp³-hybridized carbons (Fsp3) is 0.429. The second-order valence-corrected chi connectivity index (χ2v) is 4.35. The van der Waals surface area contributed by atoms with Gasteiger partial charge in [-0.2, -0.15) is 0 Å². The molecule has 0 aliphatic rings. The van der Waals surface area contributed by atoms with Crippen molar-refractivity contribution in [3.05, 3.63) is 30.3 Å². The van der Waals surface area contributed by atoms with Crippen molar-refractivity contribution >= 4 is 17.5 Å². The van der Waals surface area contributed by atoms with E-state index in [1.165, 1.54) is 0 Å². The van der Waals surface area contributed by atoms with Crippen LogP contribution in [0, 0.1) is 0 Å². The predicted octanol–water partition coefficient (Wildman–Crippen LogP) is 1.26. The summed E-state index contributed by atoms with van der Waals surface area (Å²) in [7, 11) is 0. The summed E-state index contributed by atoms with van der Waals surface area (Å²) in [4.78, 5) is 23.1. The van der Waals surface area contributed by atoms with Crippen molar-refractivity contribution in [3.8, 4) is 0 Å². The molecular formula is C14H21N3O2. The molecule has 0 bridgehead atoms. The van der Waals surface area contributed by atoms with Crippen LogP contribution in [0.3, 0.4) is 0 Å². The van der Waals surface area contributed by atoms with Gasteiger partial charge in [-0.15, -0.1) is 0 Å². The molecule has 0 aliphatic carbocycles. The number of carbonyl (C=O) groups excluding carboxylic acids is 2. The van der Waals surface area contributed by atoms with Gasteiger partial charge in [0.15, 0.2) is 0 Å². The minimum absolute atomic E-state index is 0.129. The Morgan fingerprint density at radius 1 is 1.26 bits per heavy atom. The van der Waals surface area contributed by atoms with Crippen molar-refractivity contribution in [2.75, 3.05) is 11.9 Å². The van der Waals surface area contributed by atoms with E-state index in [-0.39, 0.29) is 18.2 Å². The largest absolute Gasteiger partial charge is 0.354 e. The molecule has 5 heteroatoms. The fourth-order valence-corrected chi connectivity index (χ4v) is 1.62. The van der Waals surface area contributed by atoms with Gasteiger partial charge in [-0.1, -0.05) is 31.5 Å². The molecule has 0 aliphatic heterocycles. The number of carbonyl (C=O) groups is 2. The molecule has 1 aromatic rings. The van der Waals surface area contributed by atoms with Crippen LogP contribution >= 0.6 is 0 Å². The number of anilines is 1. The second kappa shape index (κ2) is 8.26. The molecule has 0 aromatic heterocycles. The van der Waals surface area contributed by atoms with Crippen molar-refractivity contribution in [1.82, 2.24) is 5.32 Å². The normalized spacial score (nSPS) is 11.7. The molecule has 0 radical (unpaired) electrons. The zero-order valence-corrected chi connectivity index (χ0v) is 11.2. The third-order valence-electron chi connectivity index (χ3n) is 2.65. The van der Waals surface area contributed by atoms with Crippen molar-refractivity contribution in [3.63, 3.8) is 0 Å². The van der Waals surface area contributed by atoms with E-state index in [0.29, 0.717) is 13.0 Å². The molecule has 0 saturated carbocycles. The molecule has 19 heavy (non-hydrogen) atoms. The van der Waals surface area contributed by atoms with Gasteiger partial charge < -0.3 is 16.4 Å². The van der Waals surface area contributed by atoms with E-state index < -0.39 is 6.04 Å². The Morgan fingerprint density at radius 3 is 2.58 bits per heavy atom. The van der Waals surface area contributed by atoms with E-state index in [2.05, 4.69) is 10.6 Å². The van der Waals surface area contributed by atoms with Gasteiger partial charge in [-0.05, 0) is 18.6 Å². The van der Waals surface area contributed by atoms with Crippen LogP contribution < -0.4 is 16.4 Å². The smallest absolute Gasteiger partial charge is 0.236 e. The Bertz CT molecular complexity index is 406. The van der Waals surface area contributed by atoms with Crippen LogP contribution in [0.5, 0.6) is 0 Å². The van der Waals surface area contributed by atoms with Gasteiger partial charge in [0.05, 0.1) is 6.04 Å². The minimum atomic E-state index is -0.484. The predicted molar refractivity (Wildman–Crippen MR) is 75.6 cm³/mol. The molecule has 0 fully saturated rings. The first kappa shape index (κ1) is 15.2. The lowest BCUT2D eigenvalue weighted by molar-refractivity contribution is -0.122. The Kier molecular flexibility index (Phi) is 6.60. The number of amides is 2. The summed E-state index contributed by atoms with van der Waals surface area (Å²) in [5, 5.41) is 5.41. The summed E-state index contributed by atoms with van der Waals surface area (Å²) in [6.07, 6.45) is 1.75. The van der Waals surface area contributed by atoms with Gasteiger partial charge in [0.25, 0.3) is 0 Å². The Hall–Kier alpha value is -1.88. The molecule has 0 heterocycles. The number of para-hydroxylation sites is 1. The Morgan fingerprint density at radius 2 is 1.95 bits per heavy atom. The van der Waals surface area contributed by atoms with Crippen molar-refractivity contribution in [2.24, 2.45) is 5.73 Å². The van der Waals surface area contributed by atoms with Crippen molar-refractivity contribution < 1.29 is 9.59 Å². The molecule has 5 nitrogen and oxygen atoms in total. The first-order valence-corrected chi connectivity index (χ1v) is 6.51. The van der Waals surface area contributed by atoms with Gasteiger partial charge in [0.2, 0.25) is 11.8 Å². The standard InChI is InChI=1S/C14H21N3O2/c1-2-6-12(15)14(19)16-10-9-13(18)17-11-7-4-3-5-8-11/h3-5,7-8,12H,2,6,9-10,15H2,1H3,(H,16,19)(H,17,18). The summed E-state index contributed by atoms with van der Waals surface area (Å²) in [6.45, 7) is 2.27. The second-order valence-electron chi connectivity index (χ2n) is 4.35. The van der Waals surface area contributed by atoms with Crippen molar-refractivity contribution in [2.45, 2.75) is 32.2 Å². The fourth-order valence-electron chi connectivity index (χ4n) is 1.62. The van der Waals surface area contributed by atoms with E-state index in [4.69, 9.17) is 5.73 Å². The highest BCUT2D eigenvalue weighted by Gasteiger charge is 2.11. The number of benzene rings is 1. The summed E-state index contributed by atoms with van der Waals surface area (Å²) in [5.74, 6) is -0.329. The molecule has 104 valence electrons. The minimum Gasteiger partial charge on any atom is -0.354 e. The lowest BCUT2D eigenvalue weighted by atomic mass is 10.1. The van der Waals surface area contributed by atoms with Gasteiger partial charge in [-0.25, -0.2) is 0 Å². The molecular weight excluding hydrogens is 242 g/mol. The zero-order chi connectivity index (χ0) is 14.1. The van der Waals surface area contributed by atoms with Gasteiger partial charge in [-0.3, -0.25) is 9.59 Å². The van der Waals surface area contributed by atoms with Crippen LogP contribution in [0.25, 0.3) is 0 Å². The lowest BCUT2D eigenvalue weighted by Gasteiger charge is -2.11. The average molecular weight is 263 g/mol. The molecule has 1 rings (SSSR count). The average Bonchev–Trinajstić information content (AvgIpc) is 2.40. The first-order chi connectivity index (χ1) is 9.13. The van der Waals surface area contributed by atoms with E-state index in [9.17, 15) is 9.59 Å². The first-order valence-electron chi connectivity index (χ1n) is 6.51. The number of hydrogen-bond acceptors (Lipinski definition) is 3. The van der Waals surface area contributed by atoms with Crippen LogP contribution in [0.1, 0.15) is 26.2 Å². The van der Waals surface area contributed by atoms with Gasteiger partial charge >= 0.3 is 0 Å². The maximum absolute atomic E-state index is 11.6. The van der Waals surface area contributed by atoms with Crippen molar-refractivity contribution in [1.29, 1.82) is 0 Å². The molecule has 0 saturated heterocycles. The highest BCUT2D eigenvalue weighted by atomic mass is 16.2. The summed E-state index contributed by atoms with van der Waals surface area (Å²) in [5.41, 5.74) is 6.41. The van der Waals surface area contributed by atoms with Crippen LogP contribution in [-0.2, 0) is 9.59 Å². The van der Waals surface area contributed by atoms with E-state index in [1.54, 1.807) is 0 Å². The molecule has 1 unspecified atom stereocenters. The van der Waals surface area contributed by atoms with Crippen LogP contribution in [0.4, 0.5) is 5.69 Å². The van der Waals surface area contributed by atoms with Gasteiger partial charge in [0, 0.05) is 18.7 Å². The zero-order valence-electron chi connectivity index (χ0n) is 11.2. The Labute approximate surface area is 113 Å². The van der Waals surface area contributed by atoms with Crippen LogP contribution in [0.15, 0.2) is 30.3 Å². The third-order valence-corrected chi connectivity index (χ3v) is 2.65. The number of nitrogens with one attached hydrogen (secondary N) is 2. The molecule has 1 atom stereocenters. The summed E-state index contributed by atoms with van der Waals surface area (Å²) >= 11 is 0. The quantitative estimate of drug-likeness (QED) is 0.692. The highest BCUT2D eigenvalue weighted by Crippen LogP contribution is 2.04. The van der Waals surface area contributed by atoms with Gasteiger partial charge in [0.1, 0.15) is 0 Å². The lowest BCUT2D eigenvalue weighted by Crippen LogP contribution is -2.41. The van der Waals surface area contributed by atoms with Crippen LogP contribution in [-0.4, -0.2) is 24.4 Å². The monoisotopic (exact) mass is 263 g/mol. The number of rotatable bonds is 7. The maximum Gasteiger partial charge on any atom is 0.236 e. The number of hydrogen-bond donors (Lipinski definition) is 3. The molecule has 1 aromatic carbocycles. The molecule has 2 amide bonds. The number of nitrogens with two attached hydrogens (primary N) is 1. The molecule has 4 N–H and O–H groups in total.